The average Bonchev–Trinajstić information content (AvgIpc) is 2.81. The highest BCUT2D eigenvalue weighted by atomic mass is 16.5. The first-order valence-electron chi connectivity index (χ1n) is 8.05. The summed E-state index contributed by atoms with van der Waals surface area (Å²) in [7, 11) is 0. The molecule has 2 N–H and O–H groups in total. The number of carbonyl (C=O) groups is 2. The molecule has 0 aliphatic carbocycles. The molecular formula is C18H24N4O3. The second kappa shape index (κ2) is 7.83. The zero-order chi connectivity index (χ0) is 18.6. The van der Waals surface area contributed by atoms with Gasteiger partial charge in [0.1, 0.15) is 12.3 Å². The molecule has 2 rings (SSSR count). The fraction of sp³-hybridized carbons (Fsp3) is 0.389. The number of rotatable bonds is 5. The summed E-state index contributed by atoms with van der Waals surface area (Å²) in [6.07, 6.45) is 0. The van der Waals surface area contributed by atoms with Crippen LogP contribution < -0.4 is 15.6 Å². The summed E-state index contributed by atoms with van der Waals surface area (Å²) in [6, 6.07) is 5.87. The standard InChI is InChI=1S/C18H24N4O3/c1-11-6-12(2)18(13(3)7-11)25-10-17(24)20-19-16(23)9-22-15(5)8-14(4)21-22/h6-8H,9-10H2,1-5H3,(H,19,23)(H,20,24). The number of aromatic nitrogens is 2. The van der Waals surface area contributed by atoms with E-state index in [4.69, 9.17) is 4.74 Å². The molecular weight excluding hydrogens is 320 g/mol. The lowest BCUT2D eigenvalue weighted by Gasteiger charge is -2.13. The number of hydrogen-bond donors (Lipinski definition) is 2. The minimum absolute atomic E-state index is 0.0387. The van der Waals surface area contributed by atoms with Crippen molar-refractivity contribution in [2.45, 2.75) is 41.2 Å². The SMILES string of the molecule is Cc1cc(C)c(OCC(=O)NNC(=O)Cn2nc(C)cc2C)c(C)c1. The molecule has 0 saturated carbocycles. The fourth-order valence-corrected chi connectivity index (χ4v) is 2.72. The van der Waals surface area contributed by atoms with Gasteiger partial charge in [-0.3, -0.25) is 25.1 Å². The first kappa shape index (κ1) is 18.5. The molecule has 1 heterocycles. The third kappa shape index (κ3) is 5.07. The lowest BCUT2D eigenvalue weighted by Crippen LogP contribution is -2.45. The van der Waals surface area contributed by atoms with Crippen molar-refractivity contribution in [1.82, 2.24) is 20.6 Å². The summed E-state index contributed by atoms with van der Waals surface area (Å²) < 4.78 is 7.15. The van der Waals surface area contributed by atoms with Crippen LogP contribution in [0, 0.1) is 34.6 Å². The van der Waals surface area contributed by atoms with Gasteiger partial charge in [-0.15, -0.1) is 0 Å². The van der Waals surface area contributed by atoms with Gasteiger partial charge in [0.15, 0.2) is 6.61 Å². The van der Waals surface area contributed by atoms with E-state index in [9.17, 15) is 9.59 Å². The summed E-state index contributed by atoms with van der Waals surface area (Å²) >= 11 is 0. The van der Waals surface area contributed by atoms with E-state index in [0.29, 0.717) is 5.75 Å². The number of nitrogens with one attached hydrogen (secondary N) is 2. The summed E-state index contributed by atoms with van der Waals surface area (Å²) in [5.41, 5.74) is 9.51. The maximum atomic E-state index is 11.9. The molecule has 134 valence electrons. The fourth-order valence-electron chi connectivity index (χ4n) is 2.72. The van der Waals surface area contributed by atoms with Crippen LogP contribution in [0.1, 0.15) is 28.1 Å². The van der Waals surface area contributed by atoms with Gasteiger partial charge in [0, 0.05) is 5.69 Å². The molecule has 0 atom stereocenters. The largest absolute Gasteiger partial charge is 0.483 e. The minimum atomic E-state index is -0.430. The molecule has 0 spiro atoms. The summed E-state index contributed by atoms with van der Waals surface area (Å²) in [5.74, 6) is -0.0990. The predicted molar refractivity (Wildman–Crippen MR) is 94.1 cm³/mol. The zero-order valence-corrected chi connectivity index (χ0v) is 15.3. The zero-order valence-electron chi connectivity index (χ0n) is 15.3. The lowest BCUT2D eigenvalue weighted by atomic mass is 10.1. The molecule has 0 aliphatic rings. The normalized spacial score (nSPS) is 10.4. The Balaban J connectivity index is 1.81. The van der Waals surface area contributed by atoms with E-state index in [-0.39, 0.29) is 19.1 Å². The Morgan fingerprint density at radius 2 is 1.60 bits per heavy atom. The van der Waals surface area contributed by atoms with Crippen LogP contribution in [0.5, 0.6) is 5.75 Å². The van der Waals surface area contributed by atoms with Crippen LogP contribution in [0.25, 0.3) is 0 Å². The second-order valence-corrected chi connectivity index (χ2v) is 6.20. The molecule has 0 aliphatic heterocycles. The van der Waals surface area contributed by atoms with E-state index in [1.165, 1.54) is 0 Å². The first-order valence-corrected chi connectivity index (χ1v) is 8.05. The van der Waals surface area contributed by atoms with Crippen molar-refractivity contribution in [1.29, 1.82) is 0 Å². The molecule has 0 radical (unpaired) electrons. The van der Waals surface area contributed by atoms with Crippen molar-refractivity contribution in [3.05, 3.63) is 46.3 Å². The Bertz CT molecular complexity index is 773. The summed E-state index contributed by atoms with van der Waals surface area (Å²) in [6.45, 7) is 9.46. The smallest absolute Gasteiger partial charge is 0.276 e. The van der Waals surface area contributed by atoms with Crippen LogP contribution in [-0.4, -0.2) is 28.2 Å². The van der Waals surface area contributed by atoms with Crippen LogP contribution in [0.3, 0.4) is 0 Å². The van der Waals surface area contributed by atoms with E-state index in [1.807, 2.05) is 52.8 Å². The monoisotopic (exact) mass is 344 g/mol. The molecule has 2 aromatic rings. The molecule has 25 heavy (non-hydrogen) atoms. The highest BCUT2D eigenvalue weighted by Crippen LogP contribution is 2.24. The maximum Gasteiger partial charge on any atom is 0.276 e. The number of hydrazine groups is 1. The third-order valence-electron chi connectivity index (χ3n) is 3.69. The van der Waals surface area contributed by atoms with Crippen molar-refractivity contribution in [3.63, 3.8) is 0 Å². The van der Waals surface area contributed by atoms with Gasteiger partial charge in [-0.05, 0) is 51.8 Å². The van der Waals surface area contributed by atoms with Gasteiger partial charge >= 0.3 is 0 Å². The van der Waals surface area contributed by atoms with Crippen molar-refractivity contribution >= 4 is 11.8 Å². The van der Waals surface area contributed by atoms with E-state index in [2.05, 4.69) is 16.0 Å². The Kier molecular flexibility index (Phi) is 5.80. The molecule has 7 nitrogen and oxygen atoms in total. The van der Waals surface area contributed by atoms with Gasteiger partial charge in [-0.1, -0.05) is 17.7 Å². The van der Waals surface area contributed by atoms with Gasteiger partial charge in [-0.25, -0.2) is 0 Å². The number of aryl methyl sites for hydroxylation is 5. The summed E-state index contributed by atoms with van der Waals surface area (Å²) in [5, 5.41) is 4.20. The van der Waals surface area contributed by atoms with Crippen LogP contribution >= 0.6 is 0 Å². The van der Waals surface area contributed by atoms with Crippen molar-refractivity contribution < 1.29 is 14.3 Å². The Hall–Kier alpha value is -2.83. The quantitative estimate of drug-likeness (QED) is 0.808. The minimum Gasteiger partial charge on any atom is -0.483 e. The summed E-state index contributed by atoms with van der Waals surface area (Å²) in [4.78, 5) is 23.7. The number of hydrogen-bond acceptors (Lipinski definition) is 4. The Labute approximate surface area is 147 Å². The molecule has 0 fully saturated rings. The number of nitrogens with zero attached hydrogens (tertiary/aromatic N) is 2. The highest BCUT2D eigenvalue weighted by Gasteiger charge is 2.11. The molecule has 0 unspecified atom stereocenters. The Morgan fingerprint density at radius 3 is 2.16 bits per heavy atom. The molecule has 0 saturated heterocycles. The van der Waals surface area contributed by atoms with Gasteiger partial charge in [0.05, 0.1) is 5.69 Å². The van der Waals surface area contributed by atoms with Gasteiger partial charge in [-0.2, -0.15) is 5.10 Å². The van der Waals surface area contributed by atoms with Crippen LogP contribution in [0.2, 0.25) is 0 Å². The van der Waals surface area contributed by atoms with E-state index in [1.54, 1.807) is 4.68 Å². The van der Waals surface area contributed by atoms with E-state index in [0.717, 1.165) is 28.1 Å². The lowest BCUT2D eigenvalue weighted by molar-refractivity contribution is -0.130. The topological polar surface area (TPSA) is 85.3 Å². The van der Waals surface area contributed by atoms with Crippen LogP contribution in [0.4, 0.5) is 0 Å². The predicted octanol–water partition coefficient (Wildman–Crippen LogP) is 1.65. The van der Waals surface area contributed by atoms with Crippen molar-refractivity contribution in [2.75, 3.05) is 6.61 Å². The van der Waals surface area contributed by atoms with Gasteiger partial charge < -0.3 is 4.74 Å². The molecule has 1 aromatic carbocycles. The molecule has 0 bridgehead atoms. The maximum absolute atomic E-state index is 11.9. The number of amides is 2. The van der Waals surface area contributed by atoms with Crippen LogP contribution in [-0.2, 0) is 16.1 Å². The van der Waals surface area contributed by atoms with Gasteiger partial charge in [0.2, 0.25) is 0 Å². The Morgan fingerprint density at radius 1 is 1.00 bits per heavy atom. The number of carbonyl (C=O) groups excluding carboxylic acids is 2. The average molecular weight is 344 g/mol. The number of benzene rings is 1. The highest BCUT2D eigenvalue weighted by molar-refractivity contribution is 5.82. The van der Waals surface area contributed by atoms with Gasteiger partial charge in [0.25, 0.3) is 11.8 Å². The van der Waals surface area contributed by atoms with Crippen molar-refractivity contribution in [3.8, 4) is 5.75 Å². The molecule has 2 amide bonds. The number of ether oxygens (including phenoxy) is 1. The second-order valence-electron chi connectivity index (χ2n) is 6.20. The molecule has 1 aromatic heterocycles. The molecule has 7 heteroatoms. The van der Waals surface area contributed by atoms with E-state index < -0.39 is 5.91 Å². The third-order valence-corrected chi connectivity index (χ3v) is 3.69. The van der Waals surface area contributed by atoms with Crippen LogP contribution in [0.15, 0.2) is 18.2 Å². The van der Waals surface area contributed by atoms with Crippen molar-refractivity contribution in [2.24, 2.45) is 0 Å². The van der Waals surface area contributed by atoms with E-state index >= 15 is 0 Å². The first-order chi connectivity index (χ1) is 11.8.